The van der Waals surface area contributed by atoms with Crippen LogP contribution in [-0.4, -0.2) is 6.16 Å². The highest BCUT2D eigenvalue weighted by molar-refractivity contribution is 6.55. The summed E-state index contributed by atoms with van der Waals surface area (Å²) in [7, 11) is 0. The van der Waals surface area contributed by atoms with Crippen molar-refractivity contribution < 1.29 is 14.3 Å². The van der Waals surface area contributed by atoms with Crippen molar-refractivity contribution in [2.75, 3.05) is 0 Å². The Morgan fingerprint density at radius 3 is 1.71 bits per heavy atom. The first-order valence-electron chi connectivity index (χ1n) is 5.38. The van der Waals surface area contributed by atoms with Gasteiger partial charge in [0.2, 0.25) is 0 Å². The summed E-state index contributed by atoms with van der Waals surface area (Å²) in [4.78, 5) is 11.7. The molecule has 0 amide bonds. The van der Waals surface area contributed by atoms with E-state index in [1.54, 1.807) is 30.3 Å². The molecular formula is C13H5Cl5O3. The Kier molecular flexibility index (Phi) is 5.47. The van der Waals surface area contributed by atoms with Gasteiger partial charge in [0.05, 0.1) is 15.1 Å². The maximum Gasteiger partial charge on any atom is 0.519 e. The Morgan fingerprint density at radius 2 is 1.19 bits per heavy atom. The molecule has 0 aliphatic carbocycles. The van der Waals surface area contributed by atoms with E-state index in [0.29, 0.717) is 5.75 Å². The van der Waals surface area contributed by atoms with Crippen molar-refractivity contribution in [2.24, 2.45) is 0 Å². The van der Waals surface area contributed by atoms with E-state index in [-0.39, 0.29) is 30.9 Å². The fourth-order valence-corrected chi connectivity index (χ4v) is 2.56. The molecule has 2 aromatic rings. The van der Waals surface area contributed by atoms with Crippen molar-refractivity contribution >= 4 is 64.2 Å². The van der Waals surface area contributed by atoms with Crippen LogP contribution < -0.4 is 9.47 Å². The minimum atomic E-state index is -1.04. The summed E-state index contributed by atoms with van der Waals surface area (Å²) in [5.74, 6) is 0.0690. The maximum atomic E-state index is 11.7. The molecule has 0 fully saturated rings. The van der Waals surface area contributed by atoms with Gasteiger partial charge in [0.25, 0.3) is 0 Å². The van der Waals surface area contributed by atoms with Crippen LogP contribution in [0.3, 0.4) is 0 Å². The highest BCUT2D eigenvalue weighted by Gasteiger charge is 2.23. The number of hydrogen-bond donors (Lipinski definition) is 0. The first-order valence-corrected chi connectivity index (χ1v) is 7.27. The predicted octanol–water partition coefficient (Wildman–Crippen LogP) is 6.53. The largest absolute Gasteiger partial charge is 0.519 e. The number of halogens is 5. The van der Waals surface area contributed by atoms with Crippen LogP contribution in [0.15, 0.2) is 30.3 Å². The molecule has 0 N–H and O–H groups in total. The minimum absolute atomic E-state index is 0.0305. The van der Waals surface area contributed by atoms with Crippen LogP contribution in [0.1, 0.15) is 0 Å². The van der Waals surface area contributed by atoms with Gasteiger partial charge in [0.1, 0.15) is 15.8 Å². The Balaban J connectivity index is 2.26. The first-order chi connectivity index (χ1) is 9.91. The number of para-hydroxylation sites is 1. The van der Waals surface area contributed by atoms with Crippen LogP contribution in [0.4, 0.5) is 4.79 Å². The Morgan fingerprint density at radius 1 is 0.714 bits per heavy atom. The Bertz CT molecular complexity index is 659. The molecule has 0 aromatic heterocycles. The molecule has 2 rings (SSSR count). The number of benzene rings is 2. The molecule has 0 bridgehead atoms. The van der Waals surface area contributed by atoms with Crippen LogP contribution in [0, 0.1) is 0 Å². The van der Waals surface area contributed by atoms with Crippen molar-refractivity contribution in [3.8, 4) is 11.5 Å². The van der Waals surface area contributed by atoms with Gasteiger partial charge in [-0.3, -0.25) is 0 Å². The molecule has 2 aromatic carbocycles. The van der Waals surface area contributed by atoms with Gasteiger partial charge in [0.15, 0.2) is 5.75 Å². The first kappa shape index (κ1) is 16.5. The van der Waals surface area contributed by atoms with Crippen LogP contribution in [0.25, 0.3) is 0 Å². The van der Waals surface area contributed by atoms with Crippen LogP contribution in [0.5, 0.6) is 11.5 Å². The van der Waals surface area contributed by atoms with E-state index >= 15 is 0 Å². The lowest BCUT2D eigenvalue weighted by Crippen LogP contribution is -2.14. The normalized spacial score (nSPS) is 10.3. The summed E-state index contributed by atoms with van der Waals surface area (Å²) in [6, 6.07) is 8.31. The lowest BCUT2D eigenvalue weighted by atomic mass is 10.3. The molecule has 8 heteroatoms. The number of carbonyl (C=O) groups excluding carboxylic acids is 1. The molecule has 3 nitrogen and oxygen atoms in total. The zero-order valence-corrected chi connectivity index (χ0v) is 13.8. The number of hydrogen-bond acceptors (Lipinski definition) is 3. The van der Waals surface area contributed by atoms with Crippen LogP contribution in [0.2, 0.25) is 25.1 Å². The maximum absolute atomic E-state index is 11.7. The van der Waals surface area contributed by atoms with Gasteiger partial charge >= 0.3 is 6.16 Å². The molecule has 0 spiro atoms. The number of rotatable bonds is 2. The van der Waals surface area contributed by atoms with Crippen molar-refractivity contribution in [1.82, 2.24) is 0 Å². The fourth-order valence-electron chi connectivity index (χ4n) is 1.36. The smallest absolute Gasteiger partial charge is 0.395 e. The molecule has 0 aliphatic heterocycles. The fraction of sp³-hybridized carbons (Fsp3) is 0. The van der Waals surface area contributed by atoms with E-state index in [9.17, 15) is 4.79 Å². The monoisotopic (exact) mass is 384 g/mol. The second-order valence-corrected chi connectivity index (χ2v) is 5.56. The van der Waals surface area contributed by atoms with Crippen molar-refractivity contribution in [3.05, 3.63) is 55.4 Å². The van der Waals surface area contributed by atoms with Crippen molar-refractivity contribution in [2.45, 2.75) is 0 Å². The van der Waals surface area contributed by atoms with Gasteiger partial charge in [-0.15, -0.1) is 0 Å². The van der Waals surface area contributed by atoms with E-state index in [4.69, 9.17) is 67.5 Å². The average molecular weight is 386 g/mol. The van der Waals surface area contributed by atoms with E-state index < -0.39 is 6.16 Å². The third kappa shape index (κ3) is 3.68. The average Bonchev–Trinajstić information content (AvgIpc) is 2.48. The minimum Gasteiger partial charge on any atom is -0.395 e. The predicted molar refractivity (Wildman–Crippen MR) is 84.6 cm³/mol. The second kappa shape index (κ2) is 6.95. The topological polar surface area (TPSA) is 35.5 Å². The van der Waals surface area contributed by atoms with Gasteiger partial charge in [-0.2, -0.15) is 0 Å². The molecule has 0 atom stereocenters. The summed E-state index contributed by atoms with van der Waals surface area (Å²) in [6.45, 7) is 0. The molecule has 0 aliphatic rings. The molecule has 0 unspecified atom stereocenters. The molecule has 0 saturated carbocycles. The lowest BCUT2D eigenvalue weighted by Gasteiger charge is -2.12. The molecule has 0 saturated heterocycles. The van der Waals surface area contributed by atoms with E-state index in [2.05, 4.69) is 0 Å². The Labute approximate surface area is 145 Å². The standard InChI is InChI=1S/C13H5Cl5O3/c14-7-8(15)10(17)12(11(18)9(7)16)21-13(19)20-6-4-2-1-3-5-6/h1-5H. The third-order valence-corrected chi connectivity index (χ3v) is 4.54. The third-order valence-electron chi connectivity index (χ3n) is 2.30. The van der Waals surface area contributed by atoms with E-state index in [1.165, 1.54) is 0 Å². The zero-order chi connectivity index (χ0) is 15.6. The van der Waals surface area contributed by atoms with Crippen molar-refractivity contribution in [1.29, 1.82) is 0 Å². The second-order valence-electron chi connectivity index (χ2n) is 3.67. The summed E-state index contributed by atoms with van der Waals surface area (Å²) in [5, 5.41) is -0.454. The molecule has 21 heavy (non-hydrogen) atoms. The lowest BCUT2D eigenvalue weighted by molar-refractivity contribution is 0.152. The number of carbonyl (C=O) groups is 1. The quantitative estimate of drug-likeness (QED) is 0.255. The van der Waals surface area contributed by atoms with Gasteiger partial charge in [-0.25, -0.2) is 4.79 Å². The van der Waals surface area contributed by atoms with Gasteiger partial charge < -0.3 is 9.47 Å². The number of ether oxygens (including phenoxy) is 2. The summed E-state index contributed by atoms with van der Waals surface area (Å²) >= 11 is 29.4. The van der Waals surface area contributed by atoms with Crippen molar-refractivity contribution in [3.63, 3.8) is 0 Å². The Hall–Kier alpha value is -0.840. The summed E-state index contributed by atoms with van der Waals surface area (Å²) in [5.41, 5.74) is 0. The van der Waals surface area contributed by atoms with Crippen LogP contribution >= 0.6 is 58.0 Å². The summed E-state index contributed by atoms with van der Waals surface area (Å²) < 4.78 is 9.88. The van der Waals surface area contributed by atoms with E-state index in [1.807, 2.05) is 0 Å². The SMILES string of the molecule is O=C(Oc1ccccc1)Oc1c(Cl)c(Cl)c(Cl)c(Cl)c1Cl. The van der Waals surface area contributed by atoms with E-state index in [0.717, 1.165) is 0 Å². The molecule has 0 heterocycles. The van der Waals surface area contributed by atoms with Gasteiger partial charge in [0, 0.05) is 0 Å². The highest BCUT2D eigenvalue weighted by atomic mass is 35.5. The molecule has 0 radical (unpaired) electrons. The van der Waals surface area contributed by atoms with Gasteiger partial charge in [-0.05, 0) is 12.1 Å². The van der Waals surface area contributed by atoms with Crippen LogP contribution in [-0.2, 0) is 0 Å². The highest BCUT2D eigenvalue weighted by Crippen LogP contribution is 2.48. The van der Waals surface area contributed by atoms with Gasteiger partial charge in [-0.1, -0.05) is 76.2 Å². The summed E-state index contributed by atoms with van der Waals surface area (Å²) in [6.07, 6.45) is -1.04. The molecule has 110 valence electrons. The zero-order valence-electron chi connectivity index (χ0n) is 10.0. The molecular weight excluding hydrogens is 381 g/mol.